The molecule has 0 N–H and O–H groups in total. The summed E-state index contributed by atoms with van der Waals surface area (Å²) in [5.41, 5.74) is 0.732. The molecule has 0 aromatic carbocycles. The maximum atomic E-state index is 12.6. The van der Waals surface area contributed by atoms with E-state index in [-0.39, 0.29) is 5.91 Å². The summed E-state index contributed by atoms with van der Waals surface area (Å²) in [4.78, 5) is 23.3. The minimum absolute atomic E-state index is 0.119. The number of nitrogens with zero attached hydrogens (tertiary/aromatic N) is 4. The Morgan fingerprint density at radius 3 is 2.36 bits per heavy atom. The largest absolute Gasteiger partial charge is 0.336 e. The first kappa shape index (κ1) is 16.9. The van der Waals surface area contributed by atoms with Crippen LogP contribution in [0.25, 0.3) is 0 Å². The maximum absolute atomic E-state index is 12.6. The van der Waals surface area contributed by atoms with Crippen molar-refractivity contribution in [2.24, 2.45) is 0 Å². The average Bonchev–Trinajstić information content (AvgIpc) is 2.49. The fourth-order valence-corrected chi connectivity index (χ4v) is 3.21. The van der Waals surface area contributed by atoms with Crippen LogP contribution in [-0.4, -0.2) is 77.9 Å². The summed E-state index contributed by atoms with van der Waals surface area (Å²) >= 11 is 0. The summed E-state index contributed by atoms with van der Waals surface area (Å²) in [6.45, 7) is 8.24. The Kier molecular flexibility index (Phi) is 5.91. The molecule has 5 nitrogen and oxygen atoms in total. The third-order valence-electron chi connectivity index (χ3n) is 4.34. The molecule has 2 heterocycles. The van der Waals surface area contributed by atoms with Crippen LogP contribution in [0.3, 0.4) is 0 Å². The normalized spacial score (nSPS) is 23.0. The lowest BCUT2D eigenvalue weighted by atomic mass is 10.1. The van der Waals surface area contributed by atoms with Crippen LogP contribution in [0.15, 0.2) is 24.5 Å². The third kappa shape index (κ3) is 4.27. The number of aromatic nitrogens is 1. The Bertz CT molecular complexity index is 465. The van der Waals surface area contributed by atoms with E-state index in [9.17, 15) is 4.79 Å². The van der Waals surface area contributed by atoms with Gasteiger partial charge in [-0.2, -0.15) is 0 Å². The van der Waals surface area contributed by atoms with Gasteiger partial charge in [0.15, 0.2) is 0 Å². The van der Waals surface area contributed by atoms with Crippen molar-refractivity contribution in [1.29, 1.82) is 0 Å². The first-order valence-corrected chi connectivity index (χ1v) is 8.09. The van der Waals surface area contributed by atoms with Crippen LogP contribution < -0.4 is 0 Å². The number of carbonyl (C=O) groups excluding carboxylic acids is 1. The lowest BCUT2D eigenvalue weighted by molar-refractivity contribution is 0.0295. The maximum Gasteiger partial charge on any atom is 0.254 e. The molecule has 0 saturated carbocycles. The molecule has 0 spiro atoms. The predicted molar refractivity (Wildman–Crippen MR) is 88.9 cm³/mol. The van der Waals surface area contributed by atoms with Crippen LogP contribution in [0.4, 0.5) is 0 Å². The van der Waals surface area contributed by atoms with Crippen LogP contribution in [0, 0.1) is 0 Å². The zero-order valence-corrected chi connectivity index (χ0v) is 14.2. The van der Waals surface area contributed by atoms with E-state index in [1.54, 1.807) is 24.5 Å². The summed E-state index contributed by atoms with van der Waals surface area (Å²) in [5.74, 6) is 0.119. The summed E-state index contributed by atoms with van der Waals surface area (Å²) in [7, 11) is 4.22. The monoisotopic (exact) mass is 304 g/mol. The number of hydrogen-bond acceptors (Lipinski definition) is 4. The highest BCUT2D eigenvalue weighted by molar-refractivity contribution is 5.94. The Labute approximate surface area is 133 Å². The van der Waals surface area contributed by atoms with Gasteiger partial charge < -0.3 is 9.80 Å². The van der Waals surface area contributed by atoms with E-state index in [1.807, 2.05) is 4.90 Å². The third-order valence-corrected chi connectivity index (χ3v) is 4.34. The van der Waals surface area contributed by atoms with Crippen molar-refractivity contribution in [3.8, 4) is 0 Å². The van der Waals surface area contributed by atoms with Gasteiger partial charge in [-0.1, -0.05) is 0 Å². The molecule has 0 bridgehead atoms. The molecule has 5 heteroatoms. The van der Waals surface area contributed by atoms with Crippen molar-refractivity contribution in [3.63, 3.8) is 0 Å². The molecule has 1 aliphatic rings. The number of piperazine rings is 1. The second-order valence-electron chi connectivity index (χ2n) is 6.54. The van der Waals surface area contributed by atoms with Crippen LogP contribution in [0.1, 0.15) is 30.6 Å². The Hall–Kier alpha value is -1.46. The molecule has 1 amide bonds. The van der Waals surface area contributed by atoms with Crippen molar-refractivity contribution in [2.45, 2.75) is 32.4 Å². The summed E-state index contributed by atoms with van der Waals surface area (Å²) in [6, 6.07) is 4.39. The summed E-state index contributed by atoms with van der Waals surface area (Å²) < 4.78 is 0. The Morgan fingerprint density at radius 1 is 1.23 bits per heavy atom. The van der Waals surface area contributed by atoms with E-state index in [0.717, 1.165) is 31.7 Å². The highest BCUT2D eigenvalue weighted by atomic mass is 16.2. The second kappa shape index (κ2) is 7.70. The topological polar surface area (TPSA) is 39.7 Å². The van der Waals surface area contributed by atoms with E-state index < -0.39 is 0 Å². The molecular formula is C17H28N4O. The van der Waals surface area contributed by atoms with Crippen LogP contribution >= 0.6 is 0 Å². The van der Waals surface area contributed by atoms with Gasteiger partial charge in [0.25, 0.3) is 5.91 Å². The number of rotatable bonds is 5. The van der Waals surface area contributed by atoms with Crippen molar-refractivity contribution >= 4 is 5.91 Å². The summed E-state index contributed by atoms with van der Waals surface area (Å²) in [6.07, 6.45) is 4.52. The highest BCUT2D eigenvalue weighted by Crippen LogP contribution is 2.18. The minimum atomic E-state index is 0.119. The lowest BCUT2D eigenvalue weighted by Gasteiger charge is -2.44. The van der Waals surface area contributed by atoms with Crippen LogP contribution in [0.2, 0.25) is 0 Å². The molecule has 1 fully saturated rings. The second-order valence-corrected chi connectivity index (χ2v) is 6.54. The first-order chi connectivity index (χ1) is 10.5. The van der Waals surface area contributed by atoms with Crippen LogP contribution in [-0.2, 0) is 0 Å². The van der Waals surface area contributed by atoms with Gasteiger partial charge in [-0.05, 0) is 53.0 Å². The molecule has 2 unspecified atom stereocenters. The zero-order chi connectivity index (χ0) is 16.1. The van der Waals surface area contributed by atoms with Crippen LogP contribution in [0.5, 0.6) is 0 Å². The van der Waals surface area contributed by atoms with Gasteiger partial charge in [0.2, 0.25) is 0 Å². The molecule has 1 aromatic heterocycles. The minimum Gasteiger partial charge on any atom is -0.336 e. The molecule has 0 radical (unpaired) electrons. The van der Waals surface area contributed by atoms with E-state index in [0.29, 0.717) is 12.1 Å². The molecule has 1 aromatic rings. The fraction of sp³-hybridized carbons (Fsp3) is 0.647. The molecular weight excluding hydrogens is 276 g/mol. The van der Waals surface area contributed by atoms with E-state index in [4.69, 9.17) is 0 Å². The number of hydrogen-bond donors (Lipinski definition) is 0. The van der Waals surface area contributed by atoms with Crippen molar-refractivity contribution < 1.29 is 4.79 Å². The average molecular weight is 304 g/mol. The molecule has 122 valence electrons. The van der Waals surface area contributed by atoms with Gasteiger partial charge in [-0.3, -0.25) is 14.7 Å². The number of carbonyl (C=O) groups is 1. The molecule has 1 saturated heterocycles. The molecule has 2 atom stereocenters. The highest BCUT2D eigenvalue weighted by Gasteiger charge is 2.31. The van der Waals surface area contributed by atoms with Gasteiger partial charge in [0, 0.05) is 49.7 Å². The van der Waals surface area contributed by atoms with Gasteiger partial charge in [0.05, 0.1) is 0 Å². The van der Waals surface area contributed by atoms with Crippen molar-refractivity contribution in [2.75, 3.05) is 40.3 Å². The van der Waals surface area contributed by atoms with Gasteiger partial charge in [-0.25, -0.2) is 0 Å². The van der Waals surface area contributed by atoms with Gasteiger partial charge >= 0.3 is 0 Å². The fourth-order valence-electron chi connectivity index (χ4n) is 3.21. The van der Waals surface area contributed by atoms with E-state index in [1.165, 1.54) is 6.42 Å². The Balaban J connectivity index is 1.93. The smallest absolute Gasteiger partial charge is 0.254 e. The quantitative estimate of drug-likeness (QED) is 0.828. The molecule has 0 aliphatic carbocycles. The zero-order valence-electron chi connectivity index (χ0n) is 14.2. The van der Waals surface area contributed by atoms with Crippen molar-refractivity contribution in [3.05, 3.63) is 30.1 Å². The summed E-state index contributed by atoms with van der Waals surface area (Å²) in [5, 5.41) is 0. The number of amides is 1. The first-order valence-electron chi connectivity index (χ1n) is 8.09. The molecule has 22 heavy (non-hydrogen) atoms. The van der Waals surface area contributed by atoms with E-state index in [2.05, 4.69) is 42.7 Å². The number of pyridine rings is 1. The predicted octanol–water partition coefficient (Wildman–Crippen LogP) is 1.57. The standard InChI is InChI=1S/C17H28N4O/c1-14-12-20(17(22)16-6-8-18-9-7-16)13-15(2)21(14)11-5-10-19(3)4/h6-9,14-15H,5,10-13H2,1-4H3. The van der Waals surface area contributed by atoms with E-state index >= 15 is 0 Å². The van der Waals surface area contributed by atoms with Gasteiger partial charge in [0.1, 0.15) is 0 Å². The molecule has 2 rings (SSSR count). The molecule has 1 aliphatic heterocycles. The Morgan fingerprint density at radius 2 is 1.82 bits per heavy atom. The van der Waals surface area contributed by atoms with Gasteiger partial charge in [-0.15, -0.1) is 0 Å². The lowest BCUT2D eigenvalue weighted by Crippen LogP contribution is -2.58. The van der Waals surface area contributed by atoms with Crippen molar-refractivity contribution in [1.82, 2.24) is 19.7 Å². The SMILES string of the molecule is CC1CN(C(=O)c2ccncc2)CC(C)N1CCCN(C)C.